The molecule has 0 saturated carbocycles. The summed E-state index contributed by atoms with van der Waals surface area (Å²) in [5, 5.41) is 22.4. The molecule has 0 aromatic heterocycles. The standard InChI is InChI=1S/C19H19ClF2O2S2.C16H13ClF2O3/c1-12-10-13(6-7-16(12)24-18(21)22)17(23)19(25-8-3-9-26-19)14-4-2-5-15(20)11-14;1-9-7-11(5-6-13(9)22-16(18)19)15(21)14(20)10-3-2-4-12(17)8-10/h2,4-7,10-11,17-18,23H,3,8-9H2,1H3;2-8,15-16,21H,1H3. The van der Waals surface area contributed by atoms with Crippen LogP contribution in [0.3, 0.4) is 0 Å². The van der Waals surface area contributed by atoms with E-state index in [-0.39, 0.29) is 17.1 Å². The van der Waals surface area contributed by atoms with Crippen molar-refractivity contribution in [2.45, 2.75) is 49.8 Å². The van der Waals surface area contributed by atoms with Gasteiger partial charge in [0.25, 0.3) is 0 Å². The van der Waals surface area contributed by atoms with Gasteiger partial charge in [-0.1, -0.05) is 59.6 Å². The lowest BCUT2D eigenvalue weighted by atomic mass is 9.98. The van der Waals surface area contributed by atoms with Crippen LogP contribution >= 0.6 is 46.7 Å². The highest BCUT2D eigenvalue weighted by molar-refractivity contribution is 8.18. The third-order valence-electron chi connectivity index (χ3n) is 7.33. The van der Waals surface area contributed by atoms with E-state index in [1.807, 2.05) is 24.3 Å². The second-order valence-corrected chi connectivity index (χ2v) is 14.5. The minimum atomic E-state index is -2.93. The first-order valence-electron chi connectivity index (χ1n) is 14.6. The number of aliphatic hydroxyl groups excluding tert-OH is 2. The number of hydrogen-bond donors (Lipinski definition) is 2. The van der Waals surface area contributed by atoms with Crippen LogP contribution in [-0.2, 0) is 4.08 Å². The minimum absolute atomic E-state index is 0.00107. The molecule has 1 saturated heterocycles. The van der Waals surface area contributed by atoms with Gasteiger partial charge in [-0.2, -0.15) is 17.6 Å². The van der Waals surface area contributed by atoms with Crippen molar-refractivity contribution in [2.75, 3.05) is 11.5 Å². The number of aliphatic hydroxyl groups is 2. The molecular weight excluding hydrogens is 711 g/mol. The van der Waals surface area contributed by atoms with Crippen LogP contribution < -0.4 is 9.47 Å². The van der Waals surface area contributed by atoms with Crippen LogP contribution in [0.25, 0.3) is 0 Å². The van der Waals surface area contributed by atoms with Gasteiger partial charge in [0, 0.05) is 15.6 Å². The molecule has 256 valence electrons. The van der Waals surface area contributed by atoms with Crippen molar-refractivity contribution in [3.8, 4) is 11.5 Å². The number of benzene rings is 4. The maximum absolute atomic E-state index is 12.5. The zero-order valence-corrected chi connectivity index (χ0v) is 28.9. The van der Waals surface area contributed by atoms with Gasteiger partial charge in [0.2, 0.25) is 0 Å². The van der Waals surface area contributed by atoms with Gasteiger partial charge in [-0.3, -0.25) is 4.79 Å². The van der Waals surface area contributed by atoms with Crippen molar-refractivity contribution in [3.63, 3.8) is 0 Å². The molecule has 4 aromatic carbocycles. The predicted molar refractivity (Wildman–Crippen MR) is 184 cm³/mol. The number of ketones is 1. The summed E-state index contributed by atoms with van der Waals surface area (Å²) in [6, 6.07) is 22.7. The van der Waals surface area contributed by atoms with Gasteiger partial charge in [0.05, 0.1) is 0 Å². The van der Waals surface area contributed by atoms with E-state index in [1.54, 1.807) is 67.7 Å². The smallest absolute Gasteiger partial charge is 0.387 e. The van der Waals surface area contributed by atoms with E-state index in [4.69, 9.17) is 23.2 Å². The normalized spacial score (nSPS) is 15.3. The summed E-state index contributed by atoms with van der Waals surface area (Å²) in [6.45, 7) is -2.55. The quantitative estimate of drug-likeness (QED) is 0.124. The highest BCUT2D eigenvalue weighted by atomic mass is 35.5. The van der Waals surface area contributed by atoms with E-state index in [0.29, 0.717) is 32.3 Å². The molecule has 0 spiro atoms. The summed E-state index contributed by atoms with van der Waals surface area (Å²) in [5.41, 5.74) is 3.16. The second-order valence-electron chi connectivity index (χ2n) is 10.7. The van der Waals surface area contributed by atoms with Crippen molar-refractivity contribution in [1.82, 2.24) is 0 Å². The van der Waals surface area contributed by atoms with Crippen molar-refractivity contribution in [2.24, 2.45) is 0 Å². The lowest BCUT2D eigenvalue weighted by Crippen LogP contribution is -2.30. The number of carbonyl (C=O) groups is 1. The van der Waals surface area contributed by atoms with Gasteiger partial charge in [-0.05, 0) is 108 Å². The summed E-state index contributed by atoms with van der Waals surface area (Å²) in [5.74, 6) is 1.46. The van der Waals surface area contributed by atoms with E-state index < -0.39 is 35.3 Å². The summed E-state index contributed by atoms with van der Waals surface area (Å²) in [7, 11) is 0. The molecule has 0 radical (unpaired) electrons. The second kappa shape index (κ2) is 17.1. The summed E-state index contributed by atoms with van der Waals surface area (Å²) >= 11 is 15.4. The molecule has 0 bridgehead atoms. The molecule has 0 amide bonds. The van der Waals surface area contributed by atoms with Crippen molar-refractivity contribution in [1.29, 1.82) is 0 Å². The van der Waals surface area contributed by atoms with Gasteiger partial charge in [-0.25, -0.2) is 0 Å². The molecule has 1 aliphatic heterocycles. The maximum atomic E-state index is 12.5. The van der Waals surface area contributed by atoms with E-state index >= 15 is 0 Å². The third kappa shape index (κ3) is 9.61. The number of Topliss-reactive ketones (excluding diaryl/α,β-unsaturated/α-hetero) is 1. The van der Waals surface area contributed by atoms with Gasteiger partial charge < -0.3 is 19.7 Å². The Balaban J connectivity index is 0.000000220. The Kier molecular flexibility index (Phi) is 13.5. The Bertz CT molecular complexity index is 1710. The molecule has 2 atom stereocenters. The average molecular weight is 744 g/mol. The van der Waals surface area contributed by atoms with Crippen LogP contribution in [0.2, 0.25) is 10.0 Å². The van der Waals surface area contributed by atoms with E-state index in [9.17, 15) is 32.6 Å². The van der Waals surface area contributed by atoms with Crippen molar-refractivity contribution < 1.29 is 42.0 Å². The first-order chi connectivity index (χ1) is 22.8. The van der Waals surface area contributed by atoms with Gasteiger partial charge >= 0.3 is 13.2 Å². The highest BCUT2D eigenvalue weighted by Crippen LogP contribution is 2.57. The monoisotopic (exact) mass is 742 g/mol. The van der Waals surface area contributed by atoms with Crippen LogP contribution in [-0.4, -0.2) is 40.7 Å². The molecule has 1 heterocycles. The van der Waals surface area contributed by atoms with Crippen LogP contribution in [0.1, 0.15) is 56.8 Å². The number of rotatable bonds is 10. The Labute approximate surface area is 294 Å². The summed E-state index contributed by atoms with van der Waals surface area (Å²) in [4.78, 5) is 12.2. The Morgan fingerprint density at radius 3 is 1.79 bits per heavy atom. The molecule has 1 aliphatic rings. The fourth-order valence-electron chi connectivity index (χ4n) is 5.05. The summed E-state index contributed by atoms with van der Waals surface area (Å²) < 4.78 is 57.6. The zero-order valence-electron chi connectivity index (χ0n) is 25.7. The number of thioether (sulfide) groups is 2. The van der Waals surface area contributed by atoms with E-state index in [0.717, 1.165) is 23.5 Å². The average Bonchev–Trinajstić information content (AvgIpc) is 3.06. The number of hydrogen-bond acceptors (Lipinski definition) is 7. The molecule has 0 aliphatic carbocycles. The lowest BCUT2D eigenvalue weighted by molar-refractivity contribution is -0.0509. The molecule has 5 nitrogen and oxygen atoms in total. The molecular formula is C35H32Cl2F4O5S2. The van der Waals surface area contributed by atoms with Crippen LogP contribution in [0.5, 0.6) is 11.5 Å². The fraction of sp³-hybridized carbons (Fsp3) is 0.286. The first-order valence-corrected chi connectivity index (χ1v) is 17.3. The predicted octanol–water partition coefficient (Wildman–Crippen LogP) is 10.2. The zero-order chi connectivity index (χ0) is 35.0. The topological polar surface area (TPSA) is 76.0 Å². The lowest BCUT2D eigenvalue weighted by Gasteiger charge is -2.40. The highest BCUT2D eigenvalue weighted by Gasteiger charge is 2.43. The molecule has 1 fully saturated rings. The van der Waals surface area contributed by atoms with E-state index in [2.05, 4.69) is 9.47 Å². The van der Waals surface area contributed by atoms with Crippen LogP contribution in [0.4, 0.5) is 17.6 Å². The van der Waals surface area contributed by atoms with Crippen molar-refractivity contribution in [3.05, 3.63) is 128 Å². The molecule has 48 heavy (non-hydrogen) atoms. The van der Waals surface area contributed by atoms with Crippen molar-refractivity contribution >= 4 is 52.5 Å². The fourth-order valence-corrected chi connectivity index (χ4v) is 8.80. The van der Waals surface area contributed by atoms with Gasteiger partial charge in [0.15, 0.2) is 5.78 Å². The van der Waals surface area contributed by atoms with Crippen LogP contribution in [0.15, 0.2) is 84.9 Å². The third-order valence-corrected chi connectivity index (χ3v) is 11.3. The molecule has 2 N–H and O–H groups in total. The Morgan fingerprint density at radius 1 is 0.750 bits per heavy atom. The van der Waals surface area contributed by atoms with Crippen LogP contribution in [0, 0.1) is 13.8 Å². The SMILES string of the molecule is Cc1cc(C(O)C(=O)c2cccc(Cl)c2)ccc1OC(F)F.Cc1cc(C(O)C2(c3cccc(Cl)c3)SCCCS2)ccc1OC(F)F. The largest absolute Gasteiger partial charge is 0.435 e. The maximum Gasteiger partial charge on any atom is 0.387 e. The Morgan fingerprint density at radius 2 is 1.27 bits per heavy atom. The number of aryl methyl sites for hydroxylation is 2. The minimum Gasteiger partial charge on any atom is -0.435 e. The molecule has 2 unspecified atom stereocenters. The van der Waals surface area contributed by atoms with Gasteiger partial charge in [-0.15, -0.1) is 23.5 Å². The molecule has 4 aromatic rings. The first kappa shape index (κ1) is 37.9. The number of halogens is 6. The van der Waals surface area contributed by atoms with E-state index in [1.165, 1.54) is 30.3 Å². The molecule has 5 rings (SSSR count). The number of ether oxygens (including phenoxy) is 2. The number of carbonyl (C=O) groups excluding carboxylic acids is 1. The molecule has 13 heteroatoms. The Hall–Kier alpha value is -2.93. The van der Waals surface area contributed by atoms with Gasteiger partial charge in [0.1, 0.15) is 27.8 Å². The number of alkyl halides is 4. The summed E-state index contributed by atoms with van der Waals surface area (Å²) in [6.07, 6.45) is -1.14.